The van der Waals surface area contributed by atoms with E-state index in [2.05, 4.69) is 19.4 Å². The zero-order chi connectivity index (χ0) is 23.8. The van der Waals surface area contributed by atoms with Crippen molar-refractivity contribution in [2.24, 2.45) is 0 Å². The van der Waals surface area contributed by atoms with E-state index in [-0.39, 0.29) is 11.1 Å². The Balaban J connectivity index is 1.55. The Morgan fingerprint density at radius 3 is 2.74 bits per heavy atom. The molecule has 0 amide bonds. The second-order valence-electron chi connectivity index (χ2n) is 8.55. The van der Waals surface area contributed by atoms with Crippen LogP contribution in [0.5, 0.6) is 11.8 Å². The van der Waals surface area contributed by atoms with Crippen molar-refractivity contribution in [3.63, 3.8) is 0 Å². The van der Waals surface area contributed by atoms with Crippen LogP contribution in [0.1, 0.15) is 19.3 Å². The van der Waals surface area contributed by atoms with Crippen molar-refractivity contribution in [1.29, 1.82) is 0 Å². The number of aromatic nitrogens is 4. The second-order valence-corrected chi connectivity index (χ2v) is 8.93. The van der Waals surface area contributed by atoms with Gasteiger partial charge in [-0.3, -0.25) is 0 Å². The maximum Gasteiger partial charge on any atom is 0.213 e. The number of halogens is 2. The zero-order valence-corrected chi connectivity index (χ0v) is 19.9. The van der Waals surface area contributed by atoms with Crippen LogP contribution in [0.25, 0.3) is 33.3 Å². The van der Waals surface area contributed by atoms with Gasteiger partial charge in [-0.1, -0.05) is 11.6 Å². The third kappa shape index (κ3) is 4.08. The Kier molecular flexibility index (Phi) is 6.33. The number of hydrogen-bond donors (Lipinski definition) is 2. The highest BCUT2D eigenvalue weighted by Gasteiger charge is 2.24. The maximum absolute atomic E-state index is 14.0. The number of piperidine rings is 1. The fourth-order valence-electron chi connectivity index (χ4n) is 4.72. The predicted molar refractivity (Wildman–Crippen MR) is 129 cm³/mol. The second kappa shape index (κ2) is 9.40. The lowest BCUT2D eigenvalue weighted by molar-refractivity contribution is 0.0815. The Morgan fingerprint density at radius 2 is 2.00 bits per heavy atom. The first-order valence-corrected chi connectivity index (χ1v) is 11.7. The van der Waals surface area contributed by atoms with Gasteiger partial charge in [0.15, 0.2) is 5.82 Å². The lowest BCUT2D eigenvalue weighted by atomic mass is 10.1. The van der Waals surface area contributed by atoms with Gasteiger partial charge in [0.25, 0.3) is 0 Å². The van der Waals surface area contributed by atoms with Gasteiger partial charge in [-0.15, -0.1) is 0 Å². The molecule has 5 rings (SSSR count). The molecule has 0 radical (unpaired) electrons. The van der Waals surface area contributed by atoms with Gasteiger partial charge in [0.2, 0.25) is 11.8 Å². The molecule has 8 nitrogen and oxygen atoms in total. The van der Waals surface area contributed by atoms with Gasteiger partial charge in [0, 0.05) is 31.1 Å². The Morgan fingerprint density at radius 1 is 1.21 bits per heavy atom. The molecule has 2 N–H and O–H groups in total. The normalized spacial score (nSPS) is 15.4. The maximum atomic E-state index is 14.0. The molecular weight excluding hydrogens is 461 g/mol. The van der Waals surface area contributed by atoms with Crippen molar-refractivity contribution >= 4 is 33.7 Å². The topological polar surface area (TPSA) is 88.4 Å². The molecule has 34 heavy (non-hydrogen) atoms. The molecule has 0 atom stereocenters. The number of hydrogen-bond acceptors (Lipinski definition) is 6. The van der Waals surface area contributed by atoms with Gasteiger partial charge < -0.3 is 29.0 Å². The monoisotopic (exact) mass is 487 g/mol. The molecule has 10 heteroatoms. The van der Waals surface area contributed by atoms with E-state index in [1.807, 2.05) is 12.1 Å². The number of methoxy groups -OCH3 is 2. The number of fused-ring (bicyclic) bond motifs is 2. The summed E-state index contributed by atoms with van der Waals surface area (Å²) in [5.41, 5.74) is 3.53. The number of aliphatic hydroxyl groups excluding tert-OH is 1. The van der Waals surface area contributed by atoms with Crippen molar-refractivity contribution in [2.75, 3.05) is 33.9 Å². The Labute approximate surface area is 201 Å². The summed E-state index contributed by atoms with van der Waals surface area (Å²) < 4.78 is 27.4. The molecule has 0 aromatic carbocycles. The number of H-pyrrole nitrogens is 1. The molecule has 1 fully saturated rings. The van der Waals surface area contributed by atoms with Crippen molar-refractivity contribution in [2.45, 2.75) is 31.9 Å². The number of nitrogens with one attached hydrogen (secondary N) is 1. The lowest BCUT2D eigenvalue weighted by Crippen LogP contribution is -2.36. The summed E-state index contributed by atoms with van der Waals surface area (Å²) in [5, 5.41) is 10.3. The highest BCUT2D eigenvalue weighted by molar-refractivity contribution is 6.35. The van der Waals surface area contributed by atoms with E-state index in [0.29, 0.717) is 34.0 Å². The Bertz CT molecular complexity index is 1330. The SMILES string of the molecule is COc1ccc2c(n1)c(-c1cc3c(Cl)c(F)cnc3[nH]1)c(OC)n2CCCN1CCC(O)CC1. The molecule has 0 unspecified atom stereocenters. The first kappa shape index (κ1) is 22.9. The van der Waals surface area contributed by atoms with E-state index >= 15 is 0 Å². The number of rotatable bonds is 7. The molecule has 180 valence electrons. The lowest BCUT2D eigenvalue weighted by Gasteiger charge is -2.29. The van der Waals surface area contributed by atoms with E-state index in [9.17, 15) is 9.50 Å². The molecule has 0 saturated carbocycles. The van der Waals surface area contributed by atoms with Crippen molar-refractivity contribution in [1.82, 2.24) is 24.4 Å². The van der Waals surface area contributed by atoms with Crippen molar-refractivity contribution in [3.05, 3.63) is 35.2 Å². The number of aromatic amines is 1. The van der Waals surface area contributed by atoms with Crippen molar-refractivity contribution in [3.8, 4) is 23.0 Å². The van der Waals surface area contributed by atoms with E-state index in [0.717, 1.165) is 62.7 Å². The minimum Gasteiger partial charge on any atom is -0.482 e. The minimum absolute atomic E-state index is 0.0207. The minimum atomic E-state index is -0.570. The van der Waals surface area contributed by atoms with Crippen LogP contribution in [0.3, 0.4) is 0 Å². The third-order valence-corrected chi connectivity index (χ3v) is 6.85. The van der Waals surface area contributed by atoms with Crippen LogP contribution in [-0.4, -0.2) is 69.5 Å². The van der Waals surface area contributed by atoms with Gasteiger partial charge in [-0.2, -0.15) is 0 Å². The number of likely N-dealkylation sites (tertiary alicyclic amines) is 1. The molecule has 1 saturated heterocycles. The fourth-order valence-corrected chi connectivity index (χ4v) is 4.91. The zero-order valence-electron chi connectivity index (χ0n) is 19.1. The van der Waals surface area contributed by atoms with E-state index in [1.165, 1.54) is 0 Å². The van der Waals surface area contributed by atoms with E-state index in [4.69, 9.17) is 26.1 Å². The van der Waals surface area contributed by atoms with Crippen LogP contribution in [0.4, 0.5) is 4.39 Å². The smallest absolute Gasteiger partial charge is 0.213 e. The summed E-state index contributed by atoms with van der Waals surface area (Å²) in [7, 11) is 3.21. The van der Waals surface area contributed by atoms with Gasteiger partial charge in [0.05, 0.1) is 48.3 Å². The number of pyridine rings is 2. The van der Waals surface area contributed by atoms with Gasteiger partial charge >= 0.3 is 0 Å². The molecule has 1 aliphatic heterocycles. The molecular formula is C24H27ClFN5O3. The third-order valence-electron chi connectivity index (χ3n) is 6.47. The highest BCUT2D eigenvalue weighted by atomic mass is 35.5. The summed E-state index contributed by atoms with van der Waals surface area (Å²) >= 11 is 6.20. The van der Waals surface area contributed by atoms with Crippen LogP contribution in [0, 0.1) is 5.82 Å². The van der Waals surface area contributed by atoms with Crippen LogP contribution in [0.2, 0.25) is 5.02 Å². The van der Waals surface area contributed by atoms with Gasteiger partial charge in [-0.25, -0.2) is 14.4 Å². The number of aryl methyl sites for hydroxylation is 1. The summed E-state index contributed by atoms with van der Waals surface area (Å²) in [6, 6.07) is 5.57. The Hall–Kier alpha value is -2.88. The van der Waals surface area contributed by atoms with Crippen LogP contribution < -0.4 is 9.47 Å². The summed E-state index contributed by atoms with van der Waals surface area (Å²) in [6.45, 7) is 3.47. The first-order chi connectivity index (χ1) is 16.5. The van der Waals surface area contributed by atoms with Crippen LogP contribution in [-0.2, 0) is 6.54 Å². The fraction of sp³-hybridized carbons (Fsp3) is 0.417. The molecule has 0 aliphatic carbocycles. The molecule has 0 bridgehead atoms. The van der Waals surface area contributed by atoms with Gasteiger partial charge in [0.1, 0.15) is 11.2 Å². The van der Waals surface area contributed by atoms with Crippen LogP contribution in [0.15, 0.2) is 24.4 Å². The summed E-state index contributed by atoms with van der Waals surface area (Å²) in [6.07, 6.45) is 3.47. The number of nitrogens with zero attached hydrogens (tertiary/aromatic N) is 4. The summed E-state index contributed by atoms with van der Waals surface area (Å²) in [4.78, 5) is 14.5. The molecule has 0 spiro atoms. The molecule has 5 heterocycles. The molecule has 1 aliphatic rings. The quantitative estimate of drug-likeness (QED) is 0.405. The molecule has 4 aromatic heterocycles. The van der Waals surface area contributed by atoms with Gasteiger partial charge in [-0.05, 0) is 37.9 Å². The average Bonchev–Trinajstić information content (AvgIpc) is 3.41. The molecule has 4 aromatic rings. The largest absolute Gasteiger partial charge is 0.482 e. The average molecular weight is 488 g/mol. The summed E-state index contributed by atoms with van der Waals surface area (Å²) in [5.74, 6) is 0.561. The van der Waals surface area contributed by atoms with E-state index < -0.39 is 5.82 Å². The highest BCUT2D eigenvalue weighted by Crippen LogP contribution is 2.41. The number of aliphatic hydroxyl groups is 1. The van der Waals surface area contributed by atoms with Crippen LogP contribution >= 0.6 is 11.6 Å². The van der Waals surface area contributed by atoms with E-state index in [1.54, 1.807) is 20.3 Å². The van der Waals surface area contributed by atoms with Crippen molar-refractivity contribution < 1.29 is 19.0 Å². The number of ether oxygens (including phenoxy) is 2. The predicted octanol–water partition coefficient (Wildman–Crippen LogP) is 4.24. The first-order valence-electron chi connectivity index (χ1n) is 11.3. The standard InChI is InChI=1S/C24H27ClFN5O3/c1-33-19-5-4-18-22(29-19)20(17-12-15-21(25)16(26)13-27-23(15)28-17)24(34-2)31(18)9-3-8-30-10-6-14(32)7-11-30/h4-5,12-14,32H,3,6-11H2,1-2H3,(H,27,28).